The zero-order chi connectivity index (χ0) is 14.1. The molecule has 1 atom stereocenters. The maximum Gasteiger partial charge on any atom is 0.127 e. The molecule has 1 unspecified atom stereocenters. The molecule has 20 heavy (non-hydrogen) atoms. The van der Waals surface area contributed by atoms with Crippen LogP contribution < -0.4 is 10.1 Å². The van der Waals surface area contributed by atoms with Crippen molar-refractivity contribution in [3.63, 3.8) is 0 Å². The number of hydrogen-bond acceptors (Lipinski definition) is 2. The fraction of sp³-hybridized carbons (Fsp3) is 0.250. The summed E-state index contributed by atoms with van der Waals surface area (Å²) in [6.07, 6.45) is 0.961. The highest BCUT2D eigenvalue weighted by Gasteiger charge is 2.23. The van der Waals surface area contributed by atoms with Gasteiger partial charge in [-0.05, 0) is 36.4 Å². The van der Waals surface area contributed by atoms with Crippen molar-refractivity contribution >= 4 is 23.2 Å². The molecular formula is C16H15Cl2NO. The molecule has 1 aliphatic heterocycles. The van der Waals surface area contributed by atoms with Crippen LogP contribution in [-0.4, -0.2) is 13.7 Å². The summed E-state index contributed by atoms with van der Waals surface area (Å²) in [4.78, 5) is 0. The summed E-state index contributed by atoms with van der Waals surface area (Å²) < 4.78 is 5.79. The largest absolute Gasteiger partial charge is 0.493 e. The van der Waals surface area contributed by atoms with Crippen LogP contribution in [0.3, 0.4) is 0 Å². The first-order valence-electron chi connectivity index (χ1n) is 6.57. The maximum atomic E-state index is 6.33. The SMILES string of the molecule is CNC(c1cc(Cl)ccc1Cl)c1cccc2c1OCC2. The minimum Gasteiger partial charge on any atom is -0.493 e. The first kappa shape index (κ1) is 13.7. The van der Waals surface area contributed by atoms with Crippen LogP contribution in [0.4, 0.5) is 0 Å². The number of ether oxygens (including phenoxy) is 1. The standard InChI is InChI=1S/C16H15Cl2NO/c1-19-15(13-9-11(17)5-6-14(13)18)12-4-2-3-10-7-8-20-16(10)12/h2-6,9,15,19H,7-8H2,1H3. The highest BCUT2D eigenvalue weighted by Crippen LogP contribution is 2.38. The molecule has 0 fully saturated rings. The van der Waals surface area contributed by atoms with Gasteiger partial charge in [-0.25, -0.2) is 0 Å². The van der Waals surface area contributed by atoms with Gasteiger partial charge in [0.15, 0.2) is 0 Å². The van der Waals surface area contributed by atoms with Crippen LogP contribution in [-0.2, 0) is 6.42 Å². The third-order valence-corrected chi connectivity index (χ3v) is 4.19. The summed E-state index contributed by atoms with van der Waals surface area (Å²) >= 11 is 12.4. The van der Waals surface area contributed by atoms with E-state index in [9.17, 15) is 0 Å². The van der Waals surface area contributed by atoms with E-state index in [1.54, 1.807) is 6.07 Å². The topological polar surface area (TPSA) is 21.3 Å². The smallest absolute Gasteiger partial charge is 0.127 e. The van der Waals surface area contributed by atoms with E-state index in [1.165, 1.54) is 5.56 Å². The first-order valence-corrected chi connectivity index (χ1v) is 7.33. The summed E-state index contributed by atoms with van der Waals surface area (Å²) in [6, 6.07) is 11.7. The molecule has 0 saturated heterocycles. The van der Waals surface area contributed by atoms with Crippen LogP contribution in [0, 0.1) is 0 Å². The molecule has 3 rings (SSSR count). The summed E-state index contributed by atoms with van der Waals surface area (Å²) in [5.74, 6) is 0.975. The second-order valence-electron chi connectivity index (χ2n) is 4.82. The van der Waals surface area contributed by atoms with Crippen molar-refractivity contribution in [1.29, 1.82) is 0 Å². The Morgan fingerprint density at radius 1 is 1.15 bits per heavy atom. The average molecular weight is 308 g/mol. The van der Waals surface area contributed by atoms with E-state index in [-0.39, 0.29) is 6.04 Å². The number of rotatable bonds is 3. The Balaban J connectivity index is 2.11. The Hall–Kier alpha value is -1.22. The molecule has 0 aliphatic carbocycles. The molecule has 1 N–H and O–H groups in total. The van der Waals surface area contributed by atoms with E-state index in [0.29, 0.717) is 10.0 Å². The van der Waals surface area contributed by atoms with E-state index in [0.717, 1.165) is 29.9 Å². The fourth-order valence-electron chi connectivity index (χ4n) is 2.68. The molecule has 2 aromatic rings. The molecule has 0 aromatic heterocycles. The molecule has 104 valence electrons. The highest BCUT2D eigenvalue weighted by molar-refractivity contribution is 6.33. The van der Waals surface area contributed by atoms with Gasteiger partial charge in [-0.2, -0.15) is 0 Å². The van der Waals surface area contributed by atoms with Crippen molar-refractivity contribution in [2.24, 2.45) is 0 Å². The molecule has 1 aliphatic rings. The van der Waals surface area contributed by atoms with Gasteiger partial charge >= 0.3 is 0 Å². The van der Waals surface area contributed by atoms with Crippen molar-refractivity contribution in [2.75, 3.05) is 13.7 Å². The molecule has 2 aromatic carbocycles. The quantitative estimate of drug-likeness (QED) is 0.916. The summed E-state index contributed by atoms with van der Waals surface area (Å²) in [5.41, 5.74) is 3.32. The molecule has 0 bridgehead atoms. The van der Waals surface area contributed by atoms with Crippen molar-refractivity contribution < 1.29 is 4.74 Å². The number of nitrogens with one attached hydrogen (secondary N) is 1. The Kier molecular flexibility index (Phi) is 3.88. The van der Waals surface area contributed by atoms with Gasteiger partial charge in [0.2, 0.25) is 0 Å². The van der Waals surface area contributed by atoms with Crippen LogP contribution in [0.15, 0.2) is 36.4 Å². The van der Waals surface area contributed by atoms with Crippen LogP contribution in [0.25, 0.3) is 0 Å². The molecule has 2 nitrogen and oxygen atoms in total. The predicted molar refractivity (Wildman–Crippen MR) is 83.0 cm³/mol. The number of benzene rings is 2. The lowest BCUT2D eigenvalue weighted by molar-refractivity contribution is 0.351. The van der Waals surface area contributed by atoms with Gasteiger partial charge in [-0.1, -0.05) is 41.4 Å². The first-order chi connectivity index (χ1) is 9.70. The molecule has 4 heteroatoms. The third kappa shape index (κ3) is 2.39. The van der Waals surface area contributed by atoms with Crippen LogP contribution >= 0.6 is 23.2 Å². The Bertz CT molecular complexity index is 642. The van der Waals surface area contributed by atoms with Crippen molar-refractivity contribution in [2.45, 2.75) is 12.5 Å². The third-order valence-electron chi connectivity index (χ3n) is 3.61. The van der Waals surface area contributed by atoms with E-state index in [2.05, 4.69) is 23.5 Å². The highest BCUT2D eigenvalue weighted by atomic mass is 35.5. The fourth-order valence-corrected chi connectivity index (χ4v) is 3.09. The minimum absolute atomic E-state index is 0.0331. The van der Waals surface area contributed by atoms with Crippen LogP contribution in [0.5, 0.6) is 5.75 Å². The lowest BCUT2D eigenvalue weighted by atomic mass is 9.96. The van der Waals surface area contributed by atoms with Crippen LogP contribution in [0.2, 0.25) is 10.0 Å². The van der Waals surface area contributed by atoms with E-state index >= 15 is 0 Å². The monoisotopic (exact) mass is 307 g/mol. The number of fused-ring (bicyclic) bond motifs is 1. The second kappa shape index (κ2) is 5.65. The van der Waals surface area contributed by atoms with Gasteiger partial charge < -0.3 is 10.1 Å². The van der Waals surface area contributed by atoms with Crippen molar-refractivity contribution in [3.05, 3.63) is 63.1 Å². The van der Waals surface area contributed by atoms with E-state index in [4.69, 9.17) is 27.9 Å². The number of para-hydroxylation sites is 1. The van der Waals surface area contributed by atoms with Gasteiger partial charge in [0.25, 0.3) is 0 Å². The van der Waals surface area contributed by atoms with Gasteiger partial charge in [-0.15, -0.1) is 0 Å². The van der Waals surface area contributed by atoms with Crippen LogP contribution in [0.1, 0.15) is 22.7 Å². The zero-order valence-electron chi connectivity index (χ0n) is 11.1. The van der Waals surface area contributed by atoms with Gasteiger partial charge in [0.1, 0.15) is 5.75 Å². The minimum atomic E-state index is -0.0331. The lowest BCUT2D eigenvalue weighted by Gasteiger charge is -2.21. The Morgan fingerprint density at radius 3 is 2.80 bits per heavy atom. The number of halogens is 2. The van der Waals surface area contributed by atoms with E-state index in [1.807, 2.05) is 19.2 Å². The Labute approximate surface area is 128 Å². The molecule has 1 heterocycles. The summed E-state index contributed by atoms with van der Waals surface area (Å²) in [5, 5.41) is 4.69. The molecule has 0 radical (unpaired) electrons. The predicted octanol–water partition coefficient (Wildman–Crippen LogP) is 4.24. The van der Waals surface area contributed by atoms with Crippen molar-refractivity contribution in [1.82, 2.24) is 5.32 Å². The van der Waals surface area contributed by atoms with E-state index < -0.39 is 0 Å². The molecule has 0 spiro atoms. The lowest BCUT2D eigenvalue weighted by Crippen LogP contribution is -2.18. The van der Waals surface area contributed by atoms with Gasteiger partial charge in [-0.3, -0.25) is 0 Å². The Morgan fingerprint density at radius 2 is 2.00 bits per heavy atom. The van der Waals surface area contributed by atoms with Gasteiger partial charge in [0, 0.05) is 22.0 Å². The number of hydrogen-bond donors (Lipinski definition) is 1. The maximum absolute atomic E-state index is 6.33. The normalized spacial score (nSPS) is 14.8. The molecule has 0 amide bonds. The van der Waals surface area contributed by atoms with Gasteiger partial charge in [0.05, 0.1) is 12.6 Å². The summed E-state index contributed by atoms with van der Waals surface area (Å²) in [7, 11) is 1.91. The second-order valence-corrected chi connectivity index (χ2v) is 5.67. The average Bonchev–Trinajstić information content (AvgIpc) is 2.92. The molecule has 0 saturated carbocycles. The zero-order valence-corrected chi connectivity index (χ0v) is 12.6. The molecular weight excluding hydrogens is 293 g/mol. The summed E-state index contributed by atoms with van der Waals surface area (Å²) in [6.45, 7) is 0.742. The van der Waals surface area contributed by atoms with Crippen molar-refractivity contribution in [3.8, 4) is 5.75 Å².